The maximum atomic E-state index is 10.8. The van der Waals surface area contributed by atoms with E-state index in [-0.39, 0.29) is 13.0 Å². The molecule has 2 unspecified atom stereocenters. The third kappa shape index (κ3) is 14.3. The van der Waals surface area contributed by atoms with Crippen molar-refractivity contribution in [1.82, 2.24) is 5.32 Å². The van der Waals surface area contributed by atoms with Crippen LogP contribution in [0.15, 0.2) is 0 Å². The number of carboxylic acids is 2. The largest absolute Gasteiger partial charge is 0.480 e. The highest BCUT2D eigenvalue weighted by Gasteiger charge is 2.14. The summed E-state index contributed by atoms with van der Waals surface area (Å²) in [7, 11) is 0. The highest BCUT2D eigenvalue weighted by Crippen LogP contribution is 1.90. The number of carbonyl (C=O) groups excluding carboxylic acids is 1. The monoisotopic (exact) mass is 250 g/mol. The first-order valence-electron chi connectivity index (χ1n) is 4.82. The molecule has 17 heavy (non-hydrogen) atoms. The highest BCUT2D eigenvalue weighted by molar-refractivity contribution is 5.83. The molecule has 8 heteroatoms. The Morgan fingerprint density at radius 2 is 1.65 bits per heavy atom. The van der Waals surface area contributed by atoms with E-state index in [9.17, 15) is 14.4 Å². The van der Waals surface area contributed by atoms with Crippen LogP contribution < -0.4 is 11.1 Å². The predicted molar refractivity (Wildman–Crippen MR) is 58.2 cm³/mol. The number of aliphatic hydroxyl groups excluding tert-OH is 1. The van der Waals surface area contributed by atoms with E-state index in [0.717, 1.165) is 0 Å². The van der Waals surface area contributed by atoms with Gasteiger partial charge < -0.3 is 26.4 Å². The Bertz CT molecular complexity index is 266. The van der Waals surface area contributed by atoms with Crippen molar-refractivity contribution in [2.75, 3.05) is 6.54 Å². The first-order valence-corrected chi connectivity index (χ1v) is 4.82. The zero-order chi connectivity index (χ0) is 14.0. The highest BCUT2D eigenvalue weighted by atomic mass is 16.4. The van der Waals surface area contributed by atoms with Gasteiger partial charge in [0.15, 0.2) is 0 Å². The number of aliphatic hydroxyl groups is 1. The molecular weight excluding hydrogens is 232 g/mol. The topological polar surface area (TPSA) is 150 Å². The van der Waals surface area contributed by atoms with Gasteiger partial charge in [0.2, 0.25) is 5.91 Å². The van der Waals surface area contributed by atoms with Crippen LogP contribution in [0.1, 0.15) is 20.3 Å². The molecule has 8 nitrogen and oxygen atoms in total. The molecule has 6 N–H and O–H groups in total. The van der Waals surface area contributed by atoms with E-state index in [1.165, 1.54) is 13.8 Å². The van der Waals surface area contributed by atoms with Crippen LogP contribution in [0.4, 0.5) is 0 Å². The van der Waals surface area contributed by atoms with Gasteiger partial charge in [-0.25, -0.2) is 0 Å². The molecule has 0 saturated heterocycles. The zero-order valence-corrected chi connectivity index (χ0v) is 9.71. The minimum absolute atomic E-state index is 0.0718. The third-order valence-corrected chi connectivity index (χ3v) is 1.40. The van der Waals surface area contributed by atoms with E-state index >= 15 is 0 Å². The molecule has 0 radical (unpaired) electrons. The second-order valence-corrected chi connectivity index (χ2v) is 3.28. The number of nitrogens with two attached hydrogens (primary N) is 1. The van der Waals surface area contributed by atoms with Crippen molar-refractivity contribution >= 4 is 17.8 Å². The molecule has 0 rings (SSSR count). The average molecular weight is 250 g/mol. The summed E-state index contributed by atoms with van der Waals surface area (Å²) in [6.45, 7) is 2.55. The fraction of sp³-hybridized carbons (Fsp3) is 0.667. The van der Waals surface area contributed by atoms with Gasteiger partial charge in [-0.2, -0.15) is 0 Å². The van der Waals surface area contributed by atoms with E-state index in [1.54, 1.807) is 0 Å². The minimum atomic E-state index is -1.09. The van der Waals surface area contributed by atoms with Gasteiger partial charge >= 0.3 is 11.9 Å². The van der Waals surface area contributed by atoms with E-state index < -0.39 is 30.0 Å². The van der Waals surface area contributed by atoms with Crippen molar-refractivity contribution in [1.29, 1.82) is 0 Å². The van der Waals surface area contributed by atoms with Crippen LogP contribution in [0, 0.1) is 0 Å². The zero-order valence-electron chi connectivity index (χ0n) is 9.71. The smallest absolute Gasteiger partial charge is 0.325 e. The Balaban J connectivity index is 0. The van der Waals surface area contributed by atoms with Crippen LogP contribution in [0.25, 0.3) is 0 Å². The normalized spacial score (nSPS) is 12.7. The Kier molecular flexibility index (Phi) is 9.95. The number of rotatable bonds is 5. The van der Waals surface area contributed by atoms with Gasteiger partial charge in [0.1, 0.15) is 6.04 Å². The Morgan fingerprint density at radius 1 is 1.24 bits per heavy atom. The Morgan fingerprint density at radius 3 is 1.88 bits per heavy atom. The summed E-state index contributed by atoms with van der Waals surface area (Å²) < 4.78 is 0. The third-order valence-electron chi connectivity index (χ3n) is 1.40. The fourth-order valence-electron chi connectivity index (χ4n) is 0.630. The summed E-state index contributed by atoms with van der Waals surface area (Å²) >= 11 is 0. The Hall–Kier alpha value is -1.67. The lowest BCUT2D eigenvalue weighted by Crippen LogP contribution is -2.39. The van der Waals surface area contributed by atoms with Crippen LogP contribution in [-0.2, 0) is 14.4 Å². The summed E-state index contributed by atoms with van der Waals surface area (Å²) in [5.41, 5.74) is 4.57. The van der Waals surface area contributed by atoms with E-state index in [2.05, 4.69) is 11.1 Å². The van der Waals surface area contributed by atoms with Crippen molar-refractivity contribution in [3.05, 3.63) is 0 Å². The molecular formula is C9H18N2O6. The molecule has 100 valence electrons. The second kappa shape index (κ2) is 9.55. The molecule has 0 spiro atoms. The molecule has 0 saturated carbocycles. The van der Waals surface area contributed by atoms with Gasteiger partial charge in [-0.3, -0.25) is 14.4 Å². The van der Waals surface area contributed by atoms with Crippen molar-refractivity contribution in [2.45, 2.75) is 32.4 Å². The SMILES string of the molecule is CC(O)CC(=O)NC(C)C(=O)O.NCC(=O)O. The molecule has 0 aliphatic rings. The second-order valence-electron chi connectivity index (χ2n) is 3.28. The van der Waals surface area contributed by atoms with Gasteiger partial charge in [-0.1, -0.05) is 0 Å². The first-order chi connectivity index (χ1) is 7.70. The fourth-order valence-corrected chi connectivity index (χ4v) is 0.630. The van der Waals surface area contributed by atoms with Crippen LogP contribution in [0.5, 0.6) is 0 Å². The summed E-state index contributed by atoms with van der Waals surface area (Å²) in [6, 6.07) is -0.906. The molecule has 0 fully saturated rings. The van der Waals surface area contributed by atoms with Crippen LogP contribution in [-0.4, -0.2) is 51.9 Å². The molecule has 0 aromatic carbocycles. The van der Waals surface area contributed by atoms with Crippen molar-refractivity contribution in [2.24, 2.45) is 5.73 Å². The molecule has 0 aromatic heterocycles. The maximum absolute atomic E-state index is 10.8. The summed E-state index contributed by atoms with van der Waals surface area (Å²) in [4.78, 5) is 30.3. The minimum Gasteiger partial charge on any atom is -0.480 e. The number of hydrogen-bond acceptors (Lipinski definition) is 5. The van der Waals surface area contributed by atoms with Crippen LogP contribution in [0.3, 0.4) is 0 Å². The molecule has 0 bridgehead atoms. The van der Waals surface area contributed by atoms with Gasteiger partial charge in [-0.05, 0) is 13.8 Å². The van der Waals surface area contributed by atoms with Gasteiger partial charge in [0.05, 0.1) is 19.1 Å². The molecule has 0 heterocycles. The number of amides is 1. The Labute approximate surface area is 98.4 Å². The maximum Gasteiger partial charge on any atom is 0.325 e. The lowest BCUT2D eigenvalue weighted by molar-refractivity contribution is -0.141. The van der Waals surface area contributed by atoms with Gasteiger partial charge in [0, 0.05) is 0 Å². The molecule has 0 aliphatic carbocycles. The quantitative estimate of drug-likeness (QED) is 0.393. The van der Waals surface area contributed by atoms with Gasteiger partial charge in [0.25, 0.3) is 0 Å². The first kappa shape index (κ1) is 17.7. The lowest BCUT2D eigenvalue weighted by Gasteiger charge is -2.09. The van der Waals surface area contributed by atoms with Crippen molar-refractivity contribution in [3.63, 3.8) is 0 Å². The lowest BCUT2D eigenvalue weighted by atomic mass is 10.2. The van der Waals surface area contributed by atoms with Crippen LogP contribution >= 0.6 is 0 Å². The standard InChI is InChI=1S/C7H13NO4.C2H5NO2/c1-4(9)3-6(10)8-5(2)7(11)12;3-1-2(4)5/h4-5,9H,3H2,1-2H3,(H,8,10)(H,11,12);1,3H2,(H,4,5). The molecule has 1 amide bonds. The number of carbonyl (C=O) groups is 3. The number of carboxylic acid groups (broad SMARTS) is 2. The summed E-state index contributed by atoms with van der Waals surface area (Å²) in [5, 5.41) is 27.0. The predicted octanol–water partition coefficient (Wildman–Crippen LogP) is -1.62. The summed E-state index contributed by atoms with van der Waals surface area (Å²) in [5.74, 6) is -2.51. The van der Waals surface area contributed by atoms with Crippen LogP contribution in [0.2, 0.25) is 0 Å². The number of nitrogens with one attached hydrogen (secondary N) is 1. The van der Waals surface area contributed by atoms with Crippen molar-refractivity contribution < 1.29 is 29.7 Å². The number of aliphatic carboxylic acids is 2. The molecule has 0 aliphatic heterocycles. The van der Waals surface area contributed by atoms with E-state index in [4.69, 9.17) is 15.3 Å². The summed E-state index contributed by atoms with van der Waals surface area (Å²) in [6.07, 6.45) is -0.816. The van der Waals surface area contributed by atoms with Crippen molar-refractivity contribution in [3.8, 4) is 0 Å². The van der Waals surface area contributed by atoms with E-state index in [0.29, 0.717) is 0 Å². The average Bonchev–Trinajstić information content (AvgIpc) is 2.16. The van der Waals surface area contributed by atoms with Gasteiger partial charge in [-0.15, -0.1) is 0 Å². The molecule has 2 atom stereocenters. The number of hydrogen-bond donors (Lipinski definition) is 5. The molecule has 0 aromatic rings. The van der Waals surface area contributed by atoms with E-state index in [1.807, 2.05) is 0 Å².